The van der Waals surface area contributed by atoms with Gasteiger partial charge in [0.2, 0.25) is 0 Å². The van der Waals surface area contributed by atoms with Crippen molar-refractivity contribution in [3.8, 4) is 33.8 Å². The molecule has 5 aromatic carbocycles. The van der Waals surface area contributed by atoms with E-state index in [0.717, 1.165) is 85.5 Å². The topological polar surface area (TPSA) is 49.5 Å². The molecule has 5 nitrogen and oxygen atoms in total. The molecule has 4 aliphatic carbocycles. The molecule has 2 saturated heterocycles. The maximum Gasteiger partial charge on any atom is 0.127 e. The number of allylic oxidation sites excluding steroid dienone is 4. The second-order valence-corrected chi connectivity index (χ2v) is 20.5. The highest BCUT2D eigenvalue weighted by Gasteiger charge is 2.50. The first-order valence-electron chi connectivity index (χ1n) is 24.9. The fraction of sp³-hybridized carbons (Fsp3) is 0.433. The van der Waals surface area contributed by atoms with Crippen LogP contribution in [0.3, 0.4) is 0 Å². The molecular weight excluding hydrogens is 801 g/mol. The van der Waals surface area contributed by atoms with Crippen molar-refractivity contribution in [1.29, 1.82) is 0 Å². The van der Waals surface area contributed by atoms with E-state index in [9.17, 15) is 0 Å². The quantitative estimate of drug-likeness (QED) is 0.0981. The Hall–Kier alpha value is -5.10. The molecule has 0 spiro atoms. The molecule has 5 heteroatoms. The Morgan fingerprint density at radius 1 is 0.631 bits per heavy atom. The molecule has 336 valence electrons. The van der Waals surface area contributed by atoms with Gasteiger partial charge in [0.05, 0.1) is 50.2 Å². The van der Waals surface area contributed by atoms with Crippen molar-refractivity contribution in [1.82, 2.24) is 0 Å². The third kappa shape index (κ3) is 8.26. The molecular formula is C60H66O5. The van der Waals surface area contributed by atoms with E-state index in [1.165, 1.54) is 75.8 Å². The molecule has 8 atom stereocenters. The first-order valence-corrected chi connectivity index (χ1v) is 24.9. The summed E-state index contributed by atoms with van der Waals surface area (Å²) in [6, 6.07) is 42.9. The van der Waals surface area contributed by atoms with Gasteiger partial charge in [-0.2, -0.15) is 0 Å². The molecule has 6 aliphatic rings. The van der Waals surface area contributed by atoms with Gasteiger partial charge in [-0.05, 0) is 145 Å². The molecule has 11 rings (SSSR count). The first kappa shape index (κ1) is 42.5. The lowest BCUT2D eigenvalue weighted by Crippen LogP contribution is -2.31. The Balaban J connectivity index is 1.07. The Morgan fingerprint density at radius 3 is 2.09 bits per heavy atom. The molecule has 4 fully saturated rings. The number of aryl methyl sites for hydroxylation is 1. The van der Waals surface area contributed by atoms with Gasteiger partial charge >= 0.3 is 0 Å². The fourth-order valence-electron chi connectivity index (χ4n) is 12.6. The first-order chi connectivity index (χ1) is 31.8. The van der Waals surface area contributed by atoms with Crippen molar-refractivity contribution in [3.05, 3.63) is 160 Å². The van der Waals surface area contributed by atoms with Gasteiger partial charge in [-0.25, -0.2) is 0 Å². The highest BCUT2D eigenvalue weighted by molar-refractivity contribution is 5.90. The summed E-state index contributed by atoms with van der Waals surface area (Å²) < 4.78 is 32.5. The number of hydrogen-bond acceptors (Lipinski definition) is 5. The van der Waals surface area contributed by atoms with Crippen LogP contribution in [-0.2, 0) is 19.6 Å². The molecule has 0 radical (unpaired) electrons. The van der Waals surface area contributed by atoms with Gasteiger partial charge < -0.3 is 23.7 Å². The van der Waals surface area contributed by atoms with Gasteiger partial charge in [0.1, 0.15) is 17.3 Å². The van der Waals surface area contributed by atoms with Gasteiger partial charge in [-0.3, -0.25) is 0 Å². The highest BCUT2D eigenvalue weighted by Crippen LogP contribution is 2.60. The van der Waals surface area contributed by atoms with Crippen molar-refractivity contribution in [2.24, 2.45) is 29.6 Å². The standard InChI is InChI=1S/C60H66O5/c1-5-12-46-28-41(26-39(46)3)35-63-56-23-18-47(31-52(56)44-13-8-6-9-14-44)60(48-19-24-57(64-37-43-27-40(4)61-36-43)53(32-48)45-15-10-7-11-16-45)54-25-38(2)17-21-50(54)51-22-20-49(33-55(51)60)62-34-42-29-58-59(30-42)65-58/h6-11,13-17,19-22,24-25,31-33,39-43,46,58-59H,5,12,18,23,26-30,34-37H2,1-4H3. The summed E-state index contributed by atoms with van der Waals surface area (Å²) in [5.41, 5.74) is 13.1. The predicted octanol–water partition coefficient (Wildman–Crippen LogP) is 13.9. The number of benzene rings is 5. The lowest BCUT2D eigenvalue weighted by atomic mass is 9.64. The van der Waals surface area contributed by atoms with Crippen molar-refractivity contribution in [3.63, 3.8) is 0 Å². The van der Waals surface area contributed by atoms with Crippen molar-refractivity contribution in [2.75, 3.05) is 26.4 Å². The van der Waals surface area contributed by atoms with Crippen LogP contribution in [0.1, 0.15) is 106 Å². The molecule has 8 unspecified atom stereocenters. The number of hydrogen-bond donors (Lipinski definition) is 0. The second-order valence-electron chi connectivity index (χ2n) is 20.5. The SMILES string of the molecule is CCCC1CC(COC2=C(c3ccccc3)C=C(C3(c4ccc(OCC5COC(C)C5)c(-c5ccccc5)c4)c4cc(C)ccc4-c4ccc(OCC5CC6OC6C5)cc43)CC2)CC1C. The zero-order valence-electron chi connectivity index (χ0n) is 38.9. The van der Waals surface area contributed by atoms with E-state index in [2.05, 4.69) is 149 Å². The normalized spacial score (nSPS) is 28.7. The Labute approximate surface area is 387 Å². The minimum absolute atomic E-state index is 0.270. The van der Waals surface area contributed by atoms with Crippen LogP contribution in [-0.4, -0.2) is 44.7 Å². The lowest BCUT2D eigenvalue weighted by Gasteiger charge is -2.39. The minimum atomic E-state index is -0.616. The van der Waals surface area contributed by atoms with E-state index >= 15 is 0 Å². The van der Waals surface area contributed by atoms with E-state index in [4.69, 9.17) is 23.7 Å². The second kappa shape index (κ2) is 17.9. The molecule has 0 N–H and O–H groups in total. The third-order valence-corrected chi connectivity index (χ3v) is 15.9. The van der Waals surface area contributed by atoms with E-state index < -0.39 is 5.41 Å². The van der Waals surface area contributed by atoms with E-state index in [1.54, 1.807) is 0 Å². The average Bonchev–Trinajstić information content (AvgIpc) is 3.63. The fourth-order valence-corrected chi connectivity index (χ4v) is 12.6. The predicted molar refractivity (Wildman–Crippen MR) is 261 cm³/mol. The van der Waals surface area contributed by atoms with Gasteiger partial charge in [0.25, 0.3) is 0 Å². The summed E-state index contributed by atoms with van der Waals surface area (Å²) >= 11 is 0. The van der Waals surface area contributed by atoms with E-state index in [0.29, 0.717) is 43.2 Å². The molecule has 2 saturated carbocycles. The molecule has 0 bridgehead atoms. The molecule has 5 aromatic rings. The number of rotatable bonds is 15. The zero-order valence-corrected chi connectivity index (χ0v) is 38.9. The van der Waals surface area contributed by atoms with Crippen molar-refractivity contribution < 1.29 is 23.7 Å². The van der Waals surface area contributed by atoms with Gasteiger partial charge in [0.15, 0.2) is 0 Å². The largest absolute Gasteiger partial charge is 0.497 e. The molecule has 2 aliphatic heterocycles. The number of fused-ring (bicyclic) bond motifs is 4. The van der Waals surface area contributed by atoms with E-state index in [1.807, 2.05) is 0 Å². The lowest BCUT2D eigenvalue weighted by molar-refractivity contribution is 0.114. The molecule has 0 amide bonds. The van der Waals surface area contributed by atoms with Gasteiger partial charge in [0, 0.05) is 23.5 Å². The Bertz CT molecular complexity index is 2570. The van der Waals surface area contributed by atoms with Crippen LogP contribution in [0.4, 0.5) is 0 Å². The van der Waals surface area contributed by atoms with Gasteiger partial charge in [-0.15, -0.1) is 0 Å². The minimum Gasteiger partial charge on any atom is -0.497 e. The van der Waals surface area contributed by atoms with E-state index in [-0.39, 0.29) is 6.10 Å². The molecule has 65 heavy (non-hydrogen) atoms. The third-order valence-electron chi connectivity index (χ3n) is 15.9. The zero-order chi connectivity index (χ0) is 44.1. The summed E-state index contributed by atoms with van der Waals surface area (Å²) in [5, 5.41) is 0. The van der Waals surface area contributed by atoms with Crippen LogP contribution in [0.15, 0.2) is 133 Å². The van der Waals surface area contributed by atoms with Crippen LogP contribution in [0.2, 0.25) is 0 Å². The monoisotopic (exact) mass is 866 g/mol. The highest BCUT2D eigenvalue weighted by atomic mass is 16.6. The van der Waals surface area contributed by atoms with Crippen LogP contribution in [0.25, 0.3) is 27.8 Å². The van der Waals surface area contributed by atoms with Crippen LogP contribution in [0.5, 0.6) is 11.5 Å². The van der Waals surface area contributed by atoms with Gasteiger partial charge in [-0.1, -0.05) is 129 Å². The average molecular weight is 867 g/mol. The summed E-state index contributed by atoms with van der Waals surface area (Å²) in [7, 11) is 0. The summed E-state index contributed by atoms with van der Waals surface area (Å²) in [4.78, 5) is 0. The molecule has 0 aromatic heterocycles. The number of ether oxygens (including phenoxy) is 5. The Kier molecular flexibility index (Phi) is 11.7. The maximum atomic E-state index is 7.08. The smallest absolute Gasteiger partial charge is 0.127 e. The van der Waals surface area contributed by atoms with Crippen LogP contribution in [0, 0.1) is 36.5 Å². The Morgan fingerprint density at radius 2 is 1.34 bits per heavy atom. The summed E-state index contributed by atoms with van der Waals surface area (Å²) in [6.45, 7) is 12.1. The maximum absolute atomic E-state index is 7.08. The summed E-state index contributed by atoms with van der Waals surface area (Å²) in [6.07, 6.45) is 13.7. The van der Waals surface area contributed by atoms with Crippen molar-refractivity contribution in [2.45, 2.75) is 109 Å². The number of epoxide rings is 1. The van der Waals surface area contributed by atoms with Crippen LogP contribution < -0.4 is 9.47 Å². The van der Waals surface area contributed by atoms with Crippen LogP contribution >= 0.6 is 0 Å². The summed E-state index contributed by atoms with van der Waals surface area (Å²) in [5.74, 6) is 6.04. The van der Waals surface area contributed by atoms with Crippen molar-refractivity contribution >= 4 is 5.57 Å². The molecule has 2 heterocycles.